The Bertz CT molecular complexity index is 1430. The minimum Gasteiger partial charge on any atom is -0.466 e. The Kier molecular flexibility index (Phi) is 4.13. The molecule has 0 amide bonds. The van der Waals surface area contributed by atoms with Crippen molar-refractivity contribution in [2.45, 2.75) is 47.9 Å². The number of aryl methyl sites for hydroxylation is 3. The summed E-state index contributed by atoms with van der Waals surface area (Å²) in [5.74, 6) is 0. The van der Waals surface area contributed by atoms with Crippen molar-refractivity contribution in [2.75, 3.05) is 0 Å². The van der Waals surface area contributed by atoms with Gasteiger partial charge in [-0.3, -0.25) is 0 Å². The Balaban J connectivity index is 2.12. The average Bonchev–Trinajstić information content (AvgIpc) is 3.07. The van der Waals surface area contributed by atoms with Gasteiger partial charge < -0.3 is 4.42 Å². The highest BCUT2D eigenvalue weighted by Crippen LogP contribution is 2.41. The van der Waals surface area contributed by atoms with Crippen molar-refractivity contribution >= 4 is 27.6 Å². The summed E-state index contributed by atoms with van der Waals surface area (Å²) in [5, 5.41) is 1.91. The number of furan rings is 1. The molecule has 30 heavy (non-hydrogen) atoms. The Labute approximate surface area is 181 Å². The lowest BCUT2D eigenvalue weighted by Crippen LogP contribution is -2.35. The van der Waals surface area contributed by atoms with Gasteiger partial charge in [0.15, 0.2) is 5.69 Å². The SMILES string of the molecule is [2H]C([2H])(c1cc(C)[n+](C)c(-c2c(C)ccc3c2oc2c([N+]#[C-])cc(C)cc23)c1)C(C)(C)C. The van der Waals surface area contributed by atoms with E-state index < -0.39 is 11.8 Å². The van der Waals surface area contributed by atoms with Crippen LogP contribution in [0.25, 0.3) is 38.0 Å². The summed E-state index contributed by atoms with van der Waals surface area (Å²) in [6.07, 6.45) is -1.51. The normalized spacial score (nSPS) is 13.4. The first-order valence-corrected chi connectivity index (χ1v) is 10.2. The van der Waals surface area contributed by atoms with Gasteiger partial charge in [-0.15, -0.1) is 0 Å². The third-order valence-electron chi connectivity index (χ3n) is 5.52. The Morgan fingerprint density at radius 2 is 1.77 bits per heavy atom. The number of benzene rings is 2. The fourth-order valence-corrected chi connectivity index (χ4v) is 4.11. The van der Waals surface area contributed by atoms with Crippen LogP contribution in [0.3, 0.4) is 0 Å². The molecule has 0 saturated heterocycles. The summed E-state index contributed by atoms with van der Waals surface area (Å²) in [7, 11) is 2.00. The molecule has 0 fully saturated rings. The summed E-state index contributed by atoms with van der Waals surface area (Å²) in [4.78, 5) is 3.69. The number of aromatic nitrogens is 1. The molecule has 0 radical (unpaired) electrons. The van der Waals surface area contributed by atoms with Crippen molar-refractivity contribution in [2.24, 2.45) is 12.5 Å². The van der Waals surface area contributed by atoms with E-state index in [4.69, 9.17) is 13.7 Å². The van der Waals surface area contributed by atoms with Gasteiger partial charge >= 0.3 is 0 Å². The summed E-state index contributed by atoms with van der Waals surface area (Å²) >= 11 is 0. The molecule has 0 N–H and O–H groups in total. The van der Waals surface area contributed by atoms with Gasteiger partial charge in [0.1, 0.15) is 18.2 Å². The number of nitrogens with zero attached hydrogens (tertiary/aromatic N) is 2. The van der Waals surface area contributed by atoms with Crippen LogP contribution in [0.4, 0.5) is 5.69 Å². The zero-order valence-corrected chi connectivity index (χ0v) is 18.8. The van der Waals surface area contributed by atoms with E-state index in [0.29, 0.717) is 16.8 Å². The zero-order chi connectivity index (χ0) is 23.6. The maximum absolute atomic E-state index is 8.83. The van der Waals surface area contributed by atoms with E-state index in [-0.39, 0.29) is 0 Å². The van der Waals surface area contributed by atoms with Gasteiger partial charge in [-0.2, -0.15) is 4.57 Å². The van der Waals surface area contributed by atoms with Crippen molar-refractivity contribution in [3.8, 4) is 11.3 Å². The third kappa shape index (κ3) is 3.37. The van der Waals surface area contributed by atoms with Crippen molar-refractivity contribution in [1.29, 1.82) is 0 Å². The molecule has 0 aliphatic carbocycles. The van der Waals surface area contributed by atoms with Crippen LogP contribution in [-0.4, -0.2) is 0 Å². The molecule has 0 bridgehead atoms. The first kappa shape index (κ1) is 17.7. The molecule has 2 aromatic heterocycles. The molecule has 0 spiro atoms. The fraction of sp³-hybridized carbons (Fsp3) is 0.333. The molecule has 0 atom stereocenters. The quantitative estimate of drug-likeness (QED) is 0.259. The summed E-state index contributed by atoms with van der Waals surface area (Å²) in [6, 6.07) is 11.9. The Morgan fingerprint density at radius 3 is 2.43 bits per heavy atom. The summed E-state index contributed by atoms with van der Waals surface area (Å²) < 4.78 is 26.1. The lowest BCUT2D eigenvalue weighted by Gasteiger charge is -2.18. The van der Waals surface area contributed by atoms with Crippen molar-refractivity contribution in [3.63, 3.8) is 0 Å². The third-order valence-corrected chi connectivity index (χ3v) is 5.52. The zero-order valence-electron chi connectivity index (χ0n) is 20.8. The minimum atomic E-state index is -1.51. The molecular weight excluding hydrogens is 368 g/mol. The van der Waals surface area contributed by atoms with Crippen molar-refractivity contribution < 1.29 is 11.7 Å². The van der Waals surface area contributed by atoms with Gasteiger partial charge in [-0.1, -0.05) is 44.5 Å². The largest absolute Gasteiger partial charge is 0.466 e. The van der Waals surface area contributed by atoms with Gasteiger partial charge in [0.2, 0.25) is 11.4 Å². The van der Waals surface area contributed by atoms with E-state index in [9.17, 15) is 0 Å². The molecule has 3 heteroatoms. The number of fused-ring (bicyclic) bond motifs is 3. The second-order valence-electron chi connectivity index (χ2n) is 9.21. The van der Waals surface area contributed by atoms with Gasteiger partial charge in [0, 0.05) is 32.6 Å². The van der Waals surface area contributed by atoms with Crippen LogP contribution in [0.15, 0.2) is 40.8 Å². The monoisotopic (exact) mass is 399 g/mol. The summed E-state index contributed by atoms with van der Waals surface area (Å²) in [6.45, 7) is 19.4. The average molecular weight is 400 g/mol. The minimum absolute atomic E-state index is 0.512. The van der Waals surface area contributed by atoms with Crippen molar-refractivity contribution in [3.05, 3.63) is 70.2 Å². The molecule has 3 nitrogen and oxygen atoms in total. The topological polar surface area (TPSA) is 21.4 Å². The standard InChI is InChI=1S/C27H29N2O/c1-16-11-21-20-10-9-17(2)24(26(20)30-25(21)22(12-16)28-7)23-14-19(15-27(4,5)6)13-18(3)29(23)8/h9-14H,15H2,1-6,8H3/q+1/i15D2. The van der Waals surface area contributed by atoms with Gasteiger partial charge in [-0.25, -0.2) is 4.85 Å². The van der Waals surface area contributed by atoms with Crippen molar-refractivity contribution in [1.82, 2.24) is 0 Å². The Hall–Kier alpha value is -3.12. The molecule has 152 valence electrons. The molecule has 0 saturated carbocycles. The van der Waals surface area contributed by atoms with Crippen LogP contribution >= 0.6 is 0 Å². The number of rotatable bonds is 2. The molecule has 0 aliphatic heterocycles. The van der Waals surface area contributed by atoms with E-state index >= 15 is 0 Å². The van der Waals surface area contributed by atoms with Crippen LogP contribution in [0.1, 0.15) is 45.9 Å². The second kappa shape index (κ2) is 6.99. The van der Waals surface area contributed by atoms with E-state index in [2.05, 4.69) is 27.6 Å². The van der Waals surface area contributed by atoms with Gasteiger partial charge in [0.25, 0.3) is 0 Å². The molecule has 0 aliphatic rings. The maximum Gasteiger partial charge on any atom is 0.229 e. The second-order valence-corrected chi connectivity index (χ2v) is 9.21. The highest BCUT2D eigenvalue weighted by Gasteiger charge is 2.24. The van der Waals surface area contributed by atoms with Crippen LogP contribution in [0.5, 0.6) is 0 Å². The van der Waals surface area contributed by atoms with E-state index in [1.54, 1.807) is 0 Å². The summed E-state index contributed by atoms with van der Waals surface area (Å²) in [5.41, 5.74) is 6.82. The van der Waals surface area contributed by atoms with Crippen LogP contribution in [0.2, 0.25) is 0 Å². The van der Waals surface area contributed by atoms with Gasteiger partial charge in [-0.05, 0) is 42.8 Å². The first-order chi connectivity index (χ1) is 14.9. The van der Waals surface area contributed by atoms with E-state index in [0.717, 1.165) is 44.4 Å². The van der Waals surface area contributed by atoms with Crippen LogP contribution < -0.4 is 4.57 Å². The molecule has 4 rings (SSSR count). The van der Waals surface area contributed by atoms with E-state index in [1.165, 1.54) is 0 Å². The lowest BCUT2D eigenvalue weighted by atomic mass is 9.87. The first-order valence-electron chi connectivity index (χ1n) is 11.2. The maximum atomic E-state index is 8.83. The number of hydrogen-bond donors (Lipinski definition) is 0. The number of pyridine rings is 1. The molecule has 2 heterocycles. The fourth-order valence-electron chi connectivity index (χ4n) is 4.11. The van der Waals surface area contributed by atoms with Crippen LogP contribution in [-0.2, 0) is 13.4 Å². The van der Waals surface area contributed by atoms with E-state index in [1.807, 2.05) is 66.8 Å². The molecule has 0 unspecified atom stereocenters. The predicted octanol–water partition coefficient (Wildman–Crippen LogP) is 7.14. The molecular formula is C27H29N2O+. The lowest BCUT2D eigenvalue weighted by molar-refractivity contribution is -0.666. The molecule has 4 aromatic rings. The van der Waals surface area contributed by atoms with Gasteiger partial charge in [0.05, 0.1) is 12.1 Å². The predicted molar refractivity (Wildman–Crippen MR) is 124 cm³/mol. The number of hydrogen-bond acceptors (Lipinski definition) is 1. The van der Waals surface area contributed by atoms with Crippen LogP contribution in [0, 0.1) is 32.8 Å². The molecule has 2 aromatic carbocycles. The highest BCUT2D eigenvalue weighted by molar-refractivity contribution is 6.13. The Morgan fingerprint density at radius 1 is 1.03 bits per heavy atom. The highest BCUT2D eigenvalue weighted by atomic mass is 16.3. The smallest absolute Gasteiger partial charge is 0.229 e.